The number of rotatable bonds is 31. The molecule has 0 aliphatic heterocycles. The monoisotopic (exact) mass is 741 g/mol. The first-order valence-corrected chi connectivity index (χ1v) is 22.8. The van der Waals surface area contributed by atoms with Crippen molar-refractivity contribution in [2.24, 2.45) is 17.3 Å². The van der Waals surface area contributed by atoms with E-state index in [9.17, 15) is 9.59 Å². The smallest absolute Gasteiger partial charge is 0.305 e. The lowest BCUT2D eigenvalue weighted by atomic mass is 9.59. The highest BCUT2D eigenvalue weighted by atomic mass is 32.1. The summed E-state index contributed by atoms with van der Waals surface area (Å²) >= 11 is 1.59. The quantitative estimate of drug-likeness (QED) is 0.0429. The van der Waals surface area contributed by atoms with Crippen LogP contribution < -0.4 is 0 Å². The van der Waals surface area contributed by atoms with Gasteiger partial charge in [-0.2, -0.15) is 0 Å². The molecule has 3 aliphatic rings. The molecule has 0 amide bonds. The molecule has 1 aromatic rings. The van der Waals surface area contributed by atoms with E-state index in [1.165, 1.54) is 103 Å². The summed E-state index contributed by atoms with van der Waals surface area (Å²) in [6.07, 6.45) is 34.6. The third kappa shape index (κ3) is 20.5. The second kappa shape index (κ2) is 28.5. The lowest BCUT2D eigenvalue weighted by Gasteiger charge is -2.46. The van der Waals surface area contributed by atoms with Crippen LogP contribution in [0.3, 0.4) is 0 Å². The van der Waals surface area contributed by atoms with Crippen LogP contribution >= 0.6 is 11.3 Å². The molecule has 2 bridgehead atoms. The molecule has 1 heterocycles. The van der Waals surface area contributed by atoms with Gasteiger partial charge in [-0.3, -0.25) is 14.5 Å². The maximum atomic E-state index is 12.4. The Bertz CT molecular complexity index is 1080. The van der Waals surface area contributed by atoms with Gasteiger partial charge in [-0.1, -0.05) is 110 Å². The molecular formula is C45H76N2O4S. The number of esters is 2. The van der Waals surface area contributed by atoms with Gasteiger partial charge < -0.3 is 9.47 Å². The van der Waals surface area contributed by atoms with Crippen molar-refractivity contribution in [3.8, 4) is 11.8 Å². The van der Waals surface area contributed by atoms with Gasteiger partial charge in [0.05, 0.1) is 19.8 Å². The maximum absolute atomic E-state index is 12.4. The number of carbonyl (C=O) groups excluding carboxylic acids is 2. The first-order chi connectivity index (χ1) is 25.5. The van der Waals surface area contributed by atoms with Gasteiger partial charge in [0.1, 0.15) is 0 Å². The van der Waals surface area contributed by atoms with Gasteiger partial charge in [0, 0.05) is 24.4 Å². The molecule has 3 aliphatic carbocycles. The van der Waals surface area contributed by atoms with Gasteiger partial charge in [-0.15, -0.1) is 11.3 Å². The topological polar surface area (TPSA) is 68.7 Å². The van der Waals surface area contributed by atoms with E-state index in [1.54, 1.807) is 11.3 Å². The van der Waals surface area contributed by atoms with Crippen molar-refractivity contribution in [1.29, 1.82) is 0 Å². The summed E-state index contributed by atoms with van der Waals surface area (Å²) in [7, 11) is 0. The Labute approximate surface area is 323 Å². The van der Waals surface area contributed by atoms with E-state index in [0.717, 1.165) is 94.8 Å². The van der Waals surface area contributed by atoms with E-state index < -0.39 is 0 Å². The van der Waals surface area contributed by atoms with Gasteiger partial charge in [0.25, 0.3) is 0 Å². The molecule has 3 fully saturated rings. The number of nitrogens with zero attached hydrogens (tertiary/aromatic N) is 2. The summed E-state index contributed by atoms with van der Waals surface area (Å²) in [5.74, 6) is 8.25. The van der Waals surface area contributed by atoms with Crippen LogP contribution in [0.5, 0.6) is 0 Å². The van der Waals surface area contributed by atoms with E-state index in [0.29, 0.717) is 37.4 Å². The number of unbranched alkanes of at least 4 members (excludes halogenated alkanes) is 12. The number of carbonyl (C=O) groups is 2. The highest BCUT2D eigenvalue weighted by Crippen LogP contribution is 2.52. The van der Waals surface area contributed by atoms with Crippen molar-refractivity contribution in [1.82, 2.24) is 9.88 Å². The average Bonchev–Trinajstić information content (AvgIpc) is 3.68. The standard InChI is InChI=1S/C45H76N2O4S/c1-3-5-13-20-40(21-14-6-4-2)28-37-50-43(48)23-15-9-7-11-17-34-47(36-19-22-42-46-33-39-52-42)35-18-12-8-10-16-24-44(49)51-38-32-45-29-25-41(26-30-45)27-31-45/h33,39-41H,3-18,20-21,23-32,34-38H2,1-2H3. The van der Waals surface area contributed by atoms with Crippen LogP contribution in [-0.2, 0) is 19.1 Å². The Morgan fingerprint density at radius 3 is 1.88 bits per heavy atom. The first-order valence-electron chi connectivity index (χ1n) is 21.9. The van der Waals surface area contributed by atoms with Gasteiger partial charge in [-0.05, 0) is 113 Å². The molecule has 0 spiro atoms. The summed E-state index contributed by atoms with van der Waals surface area (Å²) in [5.41, 5.74) is 0.483. The van der Waals surface area contributed by atoms with Crippen LogP contribution in [0.15, 0.2) is 11.6 Å². The fraction of sp³-hybridized carbons (Fsp3) is 0.844. The van der Waals surface area contributed by atoms with Crippen molar-refractivity contribution in [3.63, 3.8) is 0 Å². The molecule has 0 aromatic carbocycles. The Hall–Kier alpha value is -1.91. The number of aromatic nitrogens is 1. The minimum absolute atomic E-state index is 0.000457. The molecule has 0 atom stereocenters. The van der Waals surface area contributed by atoms with Crippen LogP contribution in [-0.4, -0.2) is 54.7 Å². The second-order valence-electron chi connectivity index (χ2n) is 16.3. The maximum Gasteiger partial charge on any atom is 0.305 e. The van der Waals surface area contributed by atoms with Crippen molar-refractivity contribution in [3.05, 3.63) is 16.6 Å². The summed E-state index contributed by atoms with van der Waals surface area (Å²) in [4.78, 5) is 31.5. The van der Waals surface area contributed by atoms with Crippen molar-refractivity contribution in [2.45, 2.75) is 194 Å². The Balaban J connectivity index is 1.20. The zero-order chi connectivity index (χ0) is 37.0. The number of ether oxygens (including phenoxy) is 2. The van der Waals surface area contributed by atoms with Crippen LogP contribution in [0.2, 0.25) is 0 Å². The minimum Gasteiger partial charge on any atom is -0.466 e. The molecule has 0 N–H and O–H groups in total. The van der Waals surface area contributed by atoms with Crippen LogP contribution in [0.25, 0.3) is 0 Å². The minimum atomic E-state index is -0.0122. The molecule has 1 aromatic heterocycles. The molecular weight excluding hydrogens is 665 g/mol. The van der Waals surface area contributed by atoms with Crippen molar-refractivity contribution in [2.75, 3.05) is 32.8 Å². The SMILES string of the molecule is CCCCCC(CCCCC)CCOC(=O)CCCCCCCN(CC#Cc1nccs1)CCCCCCCC(=O)OCCC12CCC(CC1)CC2. The van der Waals surface area contributed by atoms with E-state index in [-0.39, 0.29) is 11.9 Å². The molecule has 6 nitrogen and oxygen atoms in total. The molecule has 7 heteroatoms. The molecule has 4 rings (SSSR count). The van der Waals surface area contributed by atoms with Crippen molar-refractivity contribution >= 4 is 23.3 Å². The van der Waals surface area contributed by atoms with Crippen molar-refractivity contribution < 1.29 is 19.1 Å². The molecule has 0 radical (unpaired) electrons. The number of fused-ring (bicyclic) bond motifs is 3. The molecule has 3 saturated carbocycles. The lowest BCUT2D eigenvalue weighted by molar-refractivity contribution is -0.145. The lowest BCUT2D eigenvalue weighted by Crippen LogP contribution is -2.35. The zero-order valence-corrected chi connectivity index (χ0v) is 34.4. The van der Waals surface area contributed by atoms with Gasteiger partial charge >= 0.3 is 11.9 Å². The molecule has 296 valence electrons. The predicted molar refractivity (Wildman–Crippen MR) is 217 cm³/mol. The Kier molecular flexibility index (Phi) is 24.4. The zero-order valence-electron chi connectivity index (χ0n) is 33.6. The van der Waals surface area contributed by atoms with Gasteiger partial charge in [0.15, 0.2) is 5.01 Å². The summed E-state index contributed by atoms with van der Waals surface area (Å²) in [6.45, 7) is 8.63. The van der Waals surface area contributed by atoms with Crippen LogP contribution in [0.1, 0.15) is 199 Å². The third-order valence-corrected chi connectivity index (χ3v) is 12.7. The van der Waals surface area contributed by atoms with E-state index >= 15 is 0 Å². The fourth-order valence-electron chi connectivity index (χ4n) is 8.43. The Morgan fingerprint density at radius 2 is 1.33 bits per heavy atom. The summed E-state index contributed by atoms with van der Waals surface area (Å²) < 4.78 is 11.3. The summed E-state index contributed by atoms with van der Waals surface area (Å²) in [5, 5.41) is 2.86. The average molecular weight is 741 g/mol. The predicted octanol–water partition coefficient (Wildman–Crippen LogP) is 12.1. The fourth-order valence-corrected chi connectivity index (χ4v) is 8.93. The van der Waals surface area contributed by atoms with Gasteiger partial charge in [-0.25, -0.2) is 4.98 Å². The molecule has 0 saturated heterocycles. The highest BCUT2D eigenvalue weighted by molar-refractivity contribution is 7.10. The normalized spacial score (nSPS) is 18.1. The number of hydrogen-bond donors (Lipinski definition) is 0. The second-order valence-corrected chi connectivity index (χ2v) is 17.2. The van der Waals surface area contributed by atoms with Crippen LogP contribution in [0.4, 0.5) is 0 Å². The third-order valence-electron chi connectivity index (χ3n) is 12.0. The molecule has 52 heavy (non-hydrogen) atoms. The summed E-state index contributed by atoms with van der Waals surface area (Å²) in [6, 6.07) is 0. The van der Waals surface area contributed by atoms with E-state index in [4.69, 9.17) is 9.47 Å². The van der Waals surface area contributed by atoms with E-state index in [2.05, 4.69) is 35.6 Å². The first kappa shape index (κ1) is 44.5. The Morgan fingerprint density at radius 1 is 0.769 bits per heavy atom. The highest BCUT2D eigenvalue weighted by Gasteiger charge is 2.40. The van der Waals surface area contributed by atoms with Gasteiger partial charge in [0.2, 0.25) is 0 Å². The van der Waals surface area contributed by atoms with Crippen LogP contribution in [0, 0.1) is 29.1 Å². The number of thiazole rings is 1. The largest absolute Gasteiger partial charge is 0.466 e. The molecule has 0 unspecified atom stereocenters. The number of hydrogen-bond acceptors (Lipinski definition) is 7. The van der Waals surface area contributed by atoms with E-state index in [1.807, 2.05) is 11.6 Å².